The lowest BCUT2D eigenvalue weighted by molar-refractivity contribution is -0.125. The van der Waals surface area contributed by atoms with Crippen molar-refractivity contribution in [1.29, 1.82) is 0 Å². The Hall–Kier alpha value is -3.93. The molecule has 2 aromatic carbocycles. The fraction of sp³-hybridized carbons (Fsp3) is 0.160. The predicted molar refractivity (Wildman–Crippen MR) is 116 cm³/mol. The number of rotatable bonds is 5. The molecule has 4 aromatic rings. The minimum atomic E-state index is -0.964. The largest absolute Gasteiger partial charge is 0.487 e. The van der Waals surface area contributed by atoms with Gasteiger partial charge in [0.2, 0.25) is 5.78 Å². The van der Waals surface area contributed by atoms with E-state index in [2.05, 4.69) is 9.97 Å². The maximum absolute atomic E-state index is 13.0. The van der Waals surface area contributed by atoms with E-state index in [1.807, 2.05) is 60.7 Å². The van der Waals surface area contributed by atoms with Gasteiger partial charge in [0, 0.05) is 5.39 Å². The van der Waals surface area contributed by atoms with Gasteiger partial charge in [-0.3, -0.25) is 4.79 Å². The van der Waals surface area contributed by atoms with Crippen LogP contribution in [-0.4, -0.2) is 21.4 Å². The molecule has 6 heteroatoms. The minimum Gasteiger partial charge on any atom is -0.487 e. The molecule has 154 valence electrons. The van der Waals surface area contributed by atoms with Gasteiger partial charge in [-0.05, 0) is 43.7 Å². The number of Topliss-reactive ketones (excluding diaryl/α,β-unsaturated/α-hetero) is 1. The van der Waals surface area contributed by atoms with Crippen LogP contribution in [0, 0.1) is 0 Å². The Morgan fingerprint density at radius 1 is 1.00 bits per heavy atom. The Labute approximate surface area is 179 Å². The molecule has 0 amide bonds. The summed E-state index contributed by atoms with van der Waals surface area (Å²) >= 11 is 0. The van der Waals surface area contributed by atoms with Gasteiger partial charge in [0.1, 0.15) is 12.4 Å². The molecule has 0 fully saturated rings. The highest BCUT2D eigenvalue weighted by atomic mass is 16.5. The molecule has 0 radical (unpaired) electrons. The molecule has 0 atom stereocenters. The van der Waals surface area contributed by atoms with Gasteiger partial charge >= 0.3 is 0 Å². The van der Waals surface area contributed by atoms with Crippen LogP contribution in [-0.2, 0) is 16.1 Å². The van der Waals surface area contributed by atoms with Crippen molar-refractivity contribution >= 4 is 28.0 Å². The van der Waals surface area contributed by atoms with Crippen molar-refractivity contribution in [3.63, 3.8) is 0 Å². The van der Waals surface area contributed by atoms with E-state index < -0.39 is 5.60 Å². The number of carbonyl (C=O) groups is 1. The SMILES string of the molecule is CC1(C)OC(c2cnco2)=C(c2ccc(OCc3ccc4ccccc4n3)cc2)C1=O. The number of fused-ring (bicyclic) bond motifs is 1. The molecule has 1 aliphatic heterocycles. The summed E-state index contributed by atoms with van der Waals surface area (Å²) in [5.41, 5.74) is 2.03. The number of ketones is 1. The first-order valence-corrected chi connectivity index (χ1v) is 9.96. The van der Waals surface area contributed by atoms with Crippen LogP contribution in [0.4, 0.5) is 0 Å². The lowest BCUT2D eigenvalue weighted by atomic mass is 9.93. The Kier molecular flexibility index (Phi) is 4.55. The molecule has 0 N–H and O–H groups in total. The van der Waals surface area contributed by atoms with Crippen LogP contribution in [0.2, 0.25) is 0 Å². The summed E-state index contributed by atoms with van der Waals surface area (Å²) in [4.78, 5) is 21.5. The lowest BCUT2D eigenvalue weighted by Gasteiger charge is -2.16. The van der Waals surface area contributed by atoms with E-state index in [0.29, 0.717) is 29.4 Å². The zero-order valence-electron chi connectivity index (χ0n) is 17.2. The summed E-state index contributed by atoms with van der Waals surface area (Å²) in [6, 6.07) is 19.3. The van der Waals surface area contributed by atoms with Gasteiger partial charge in [0.25, 0.3) is 0 Å². The Morgan fingerprint density at radius 2 is 1.81 bits per heavy atom. The Morgan fingerprint density at radius 3 is 2.58 bits per heavy atom. The number of para-hydroxylation sites is 1. The molecule has 3 heterocycles. The van der Waals surface area contributed by atoms with Gasteiger partial charge in [0.05, 0.1) is 23.0 Å². The topological polar surface area (TPSA) is 74.5 Å². The number of pyridine rings is 1. The summed E-state index contributed by atoms with van der Waals surface area (Å²) in [5, 5.41) is 1.10. The van der Waals surface area contributed by atoms with E-state index in [-0.39, 0.29) is 5.78 Å². The molecule has 0 unspecified atom stereocenters. The van der Waals surface area contributed by atoms with Crippen molar-refractivity contribution in [2.24, 2.45) is 0 Å². The van der Waals surface area contributed by atoms with Gasteiger partial charge in [-0.2, -0.15) is 0 Å². The second kappa shape index (κ2) is 7.40. The molecule has 6 nitrogen and oxygen atoms in total. The van der Waals surface area contributed by atoms with Gasteiger partial charge < -0.3 is 13.9 Å². The van der Waals surface area contributed by atoms with E-state index in [4.69, 9.17) is 13.9 Å². The maximum atomic E-state index is 13.0. The third-order valence-corrected chi connectivity index (χ3v) is 5.20. The van der Waals surface area contributed by atoms with E-state index in [1.165, 1.54) is 12.6 Å². The van der Waals surface area contributed by atoms with Crippen LogP contribution >= 0.6 is 0 Å². The summed E-state index contributed by atoms with van der Waals surface area (Å²) < 4.78 is 17.2. The van der Waals surface area contributed by atoms with Gasteiger partial charge in [0.15, 0.2) is 23.5 Å². The first kappa shape index (κ1) is 19.1. The average Bonchev–Trinajstić information content (AvgIpc) is 3.39. The van der Waals surface area contributed by atoms with Crippen molar-refractivity contribution < 1.29 is 18.7 Å². The second-order valence-corrected chi connectivity index (χ2v) is 7.82. The summed E-state index contributed by atoms with van der Waals surface area (Å²) in [6.45, 7) is 3.84. The number of oxazole rings is 1. The predicted octanol–water partition coefficient (Wildman–Crippen LogP) is 5.05. The van der Waals surface area contributed by atoms with Crippen LogP contribution in [0.25, 0.3) is 22.2 Å². The molecule has 0 saturated heterocycles. The van der Waals surface area contributed by atoms with Gasteiger partial charge in [-0.15, -0.1) is 0 Å². The fourth-order valence-corrected chi connectivity index (χ4v) is 3.58. The smallest absolute Gasteiger partial charge is 0.210 e. The van der Waals surface area contributed by atoms with Crippen LogP contribution in [0.3, 0.4) is 0 Å². The monoisotopic (exact) mass is 412 g/mol. The maximum Gasteiger partial charge on any atom is 0.210 e. The molecule has 0 bridgehead atoms. The summed E-state index contributed by atoms with van der Waals surface area (Å²) in [5.74, 6) is 1.41. The van der Waals surface area contributed by atoms with E-state index in [0.717, 1.165) is 22.2 Å². The minimum absolute atomic E-state index is 0.104. The standard InChI is InChI=1S/C25H20N2O4/c1-25(2)24(28)22(23(31-25)21-13-26-15-30-21)17-8-11-19(12-9-17)29-14-18-10-7-16-5-3-4-6-20(16)27-18/h3-13,15H,14H2,1-2H3. The number of carbonyl (C=O) groups excluding carboxylic acids is 1. The zero-order chi connectivity index (χ0) is 21.4. The molecule has 0 saturated carbocycles. The third-order valence-electron chi connectivity index (χ3n) is 5.20. The number of ether oxygens (including phenoxy) is 2. The quantitative estimate of drug-likeness (QED) is 0.457. The molecule has 0 spiro atoms. The molecule has 5 rings (SSSR count). The highest BCUT2D eigenvalue weighted by Gasteiger charge is 2.43. The van der Waals surface area contributed by atoms with E-state index >= 15 is 0 Å². The van der Waals surface area contributed by atoms with E-state index in [9.17, 15) is 4.79 Å². The molecular weight excluding hydrogens is 392 g/mol. The molecule has 0 aliphatic carbocycles. The van der Waals surface area contributed by atoms with Crippen LogP contribution in [0.5, 0.6) is 5.75 Å². The molecule has 31 heavy (non-hydrogen) atoms. The Bertz CT molecular complexity index is 1290. The lowest BCUT2D eigenvalue weighted by Crippen LogP contribution is -2.29. The normalized spacial score (nSPS) is 15.4. The summed E-state index contributed by atoms with van der Waals surface area (Å²) in [7, 11) is 0. The number of hydrogen-bond acceptors (Lipinski definition) is 6. The number of hydrogen-bond donors (Lipinski definition) is 0. The zero-order valence-corrected chi connectivity index (χ0v) is 17.2. The number of aromatic nitrogens is 2. The van der Waals surface area contributed by atoms with Gasteiger partial charge in [-0.25, -0.2) is 9.97 Å². The second-order valence-electron chi connectivity index (χ2n) is 7.82. The fourth-order valence-electron chi connectivity index (χ4n) is 3.58. The Balaban J connectivity index is 1.37. The molecule has 2 aromatic heterocycles. The van der Waals surface area contributed by atoms with Crippen LogP contribution in [0.15, 0.2) is 77.7 Å². The van der Waals surface area contributed by atoms with Gasteiger partial charge in [-0.1, -0.05) is 36.4 Å². The highest BCUT2D eigenvalue weighted by Crippen LogP contribution is 2.41. The molecular formula is C25H20N2O4. The van der Waals surface area contributed by atoms with Crippen LogP contribution < -0.4 is 4.74 Å². The first-order chi connectivity index (χ1) is 15.0. The van der Waals surface area contributed by atoms with Crippen molar-refractivity contribution in [2.75, 3.05) is 0 Å². The van der Waals surface area contributed by atoms with Crippen molar-refractivity contribution in [3.8, 4) is 5.75 Å². The summed E-state index contributed by atoms with van der Waals surface area (Å²) in [6.07, 6.45) is 2.86. The van der Waals surface area contributed by atoms with Crippen LogP contribution in [0.1, 0.15) is 30.9 Å². The van der Waals surface area contributed by atoms with Crippen molar-refractivity contribution in [1.82, 2.24) is 9.97 Å². The number of nitrogens with zero attached hydrogens (tertiary/aromatic N) is 2. The molecule has 1 aliphatic rings. The van der Waals surface area contributed by atoms with Crippen molar-refractivity contribution in [2.45, 2.75) is 26.1 Å². The first-order valence-electron chi connectivity index (χ1n) is 9.96. The van der Waals surface area contributed by atoms with E-state index in [1.54, 1.807) is 13.8 Å². The van der Waals surface area contributed by atoms with Crippen molar-refractivity contribution in [3.05, 3.63) is 90.3 Å². The highest BCUT2D eigenvalue weighted by molar-refractivity contribution is 6.32. The number of benzene rings is 2. The third kappa shape index (κ3) is 3.57. The average molecular weight is 412 g/mol.